The van der Waals surface area contributed by atoms with Crippen molar-refractivity contribution in [2.45, 2.75) is 0 Å². The van der Waals surface area contributed by atoms with Crippen molar-refractivity contribution in [3.05, 3.63) is 42.0 Å². The van der Waals surface area contributed by atoms with Gasteiger partial charge in [0.15, 0.2) is 6.61 Å². The fourth-order valence-corrected chi connectivity index (χ4v) is 1.61. The van der Waals surface area contributed by atoms with Crippen LogP contribution in [0.25, 0.3) is 10.8 Å². The maximum atomic E-state index is 11.6. The second-order valence-electron chi connectivity index (χ2n) is 3.76. The van der Waals surface area contributed by atoms with Crippen molar-refractivity contribution < 1.29 is 19.4 Å². The zero-order chi connectivity index (χ0) is 13.1. The van der Waals surface area contributed by atoms with Gasteiger partial charge in [-0.3, -0.25) is 4.79 Å². The van der Waals surface area contributed by atoms with Gasteiger partial charge in [-0.05, 0) is 22.9 Å². The van der Waals surface area contributed by atoms with Crippen LogP contribution in [0.5, 0.6) is 5.75 Å². The number of hydrogen-bond donors (Lipinski definition) is 2. The molecule has 0 radical (unpaired) electrons. The molecule has 0 fully saturated rings. The molecule has 3 N–H and O–H groups in total. The van der Waals surface area contributed by atoms with Crippen LogP contribution < -0.4 is 5.73 Å². The second kappa shape index (κ2) is 4.75. The Balaban J connectivity index is 2.35. The number of benzene rings is 2. The Labute approximate surface area is 103 Å². The zero-order valence-electron chi connectivity index (χ0n) is 9.42. The molecule has 92 valence electrons. The van der Waals surface area contributed by atoms with Gasteiger partial charge in [0.1, 0.15) is 11.3 Å². The quantitative estimate of drug-likeness (QED) is 0.795. The maximum Gasteiger partial charge on any atom is 0.342 e. The molecule has 0 aliphatic rings. The van der Waals surface area contributed by atoms with Crippen LogP contribution in [0.4, 0.5) is 0 Å². The number of amides is 1. The number of nitrogens with two attached hydrogens (primary N) is 1. The third kappa shape index (κ3) is 2.40. The molecule has 0 saturated carbocycles. The first-order valence-corrected chi connectivity index (χ1v) is 5.25. The first kappa shape index (κ1) is 11.9. The van der Waals surface area contributed by atoms with Gasteiger partial charge in [-0.2, -0.15) is 0 Å². The second-order valence-corrected chi connectivity index (χ2v) is 3.76. The summed E-state index contributed by atoms with van der Waals surface area (Å²) in [4.78, 5) is 22.1. The van der Waals surface area contributed by atoms with Crippen LogP contribution in [0.3, 0.4) is 0 Å². The minimum Gasteiger partial charge on any atom is -0.507 e. The molecule has 5 nitrogen and oxygen atoms in total. The third-order valence-corrected chi connectivity index (χ3v) is 2.43. The first-order chi connectivity index (χ1) is 8.58. The lowest BCUT2D eigenvalue weighted by molar-refractivity contribution is -0.121. The molecule has 0 aromatic heterocycles. The highest BCUT2D eigenvalue weighted by molar-refractivity contribution is 5.99. The van der Waals surface area contributed by atoms with E-state index in [1.54, 1.807) is 6.07 Å². The van der Waals surface area contributed by atoms with Crippen molar-refractivity contribution in [1.82, 2.24) is 0 Å². The Bertz CT molecular complexity index is 621. The molecule has 2 aromatic carbocycles. The Hall–Kier alpha value is -2.56. The molecule has 18 heavy (non-hydrogen) atoms. The first-order valence-electron chi connectivity index (χ1n) is 5.25. The molecule has 0 bridgehead atoms. The van der Waals surface area contributed by atoms with E-state index >= 15 is 0 Å². The van der Waals surface area contributed by atoms with Crippen LogP contribution in [0.2, 0.25) is 0 Å². The molecule has 0 saturated heterocycles. The molecule has 0 aliphatic carbocycles. The largest absolute Gasteiger partial charge is 0.507 e. The van der Waals surface area contributed by atoms with Crippen molar-refractivity contribution in [1.29, 1.82) is 0 Å². The fourth-order valence-electron chi connectivity index (χ4n) is 1.61. The van der Waals surface area contributed by atoms with Crippen LogP contribution in [-0.4, -0.2) is 23.6 Å². The molecule has 0 unspecified atom stereocenters. The number of carbonyl (C=O) groups excluding carboxylic acids is 2. The predicted molar refractivity (Wildman–Crippen MR) is 65.1 cm³/mol. The molecule has 0 atom stereocenters. The van der Waals surface area contributed by atoms with Gasteiger partial charge in [-0.15, -0.1) is 0 Å². The average Bonchev–Trinajstić information content (AvgIpc) is 2.35. The predicted octanol–water partition coefficient (Wildman–Crippen LogP) is 1.19. The Morgan fingerprint density at radius 3 is 2.39 bits per heavy atom. The van der Waals surface area contributed by atoms with E-state index in [0.29, 0.717) is 0 Å². The van der Waals surface area contributed by atoms with Crippen molar-refractivity contribution >= 4 is 22.6 Å². The van der Waals surface area contributed by atoms with Gasteiger partial charge in [-0.1, -0.05) is 24.3 Å². The topological polar surface area (TPSA) is 89.6 Å². The molecule has 0 aliphatic heterocycles. The Kier molecular flexibility index (Phi) is 3.14. The highest BCUT2D eigenvalue weighted by Crippen LogP contribution is 2.25. The molecule has 5 heteroatoms. The van der Waals surface area contributed by atoms with Crippen LogP contribution in [0, 0.1) is 0 Å². The third-order valence-electron chi connectivity index (χ3n) is 2.43. The number of phenols is 1. The average molecular weight is 245 g/mol. The van der Waals surface area contributed by atoms with Gasteiger partial charge in [0, 0.05) is 0 Å². The molecule has 0 spiro atoms. The smallest absolute Gasteiger partial charge is 0.342 e. The Morgan fingerprint density at radius 1 is 1.17 bits per heavy atom. The number of primary amides is 1. The number of esters is 1. The summed E-state index contributed by atoms with van der Waals surface area (Å²) in [6, 6.07) is 10.2. The fraction of sp³-hybridized carbons (Fsp3) is 0.0769. The summed E-state index contributed by atoms with van der Waals surface area (Å²) >= 11 is 0. The minimum atomic E-state index is -0.781. The van der Waals surface area contributed by atoms with E-state index in [-0.39, 0.29) is 11.3 Å². The number of ether oxygens (including phenoxy) is 1. The van der Waals surface area contributed by atoms with Crippen molar-refractivity contribution in [2.24, 2.45) is 5.73 Å². The lowest BCUT2D eigenvalue weighted by atomic mass is 10.1. The van der Waals surface area contributed by atoms with E-state index < -0.39 is 18.5 Å². The highest BCUT2D eigenvalue weighted by Gasteiger charge is 2.14. The van der Waals surface area contributed by atoms with E-state index in [1.807, 2.05) is 18.2 Å². The van der Waals surface area contributed by atoms with Gasteiger partial charge in [-0.25, -0.2) is 4.79 Å². The molecule has 1 amide bonds. The summed E-state index contributed by atoms with van der Waals surface area (Å²) in [5.41, 5.74) is 4.88. The number of rotatable bonds is 3. The van der Waals surface area contributed by atoms with Gasteiger partial charge in [0.25, 0.3) is 5.91 Å². The van der Waals surface area contributed by atoms with E-state index in [9.17, 15) is 14.7 Å². The van der Waals surface area contributed by atoms with E-state index in [4.69, 9.17) is 5.73 Å². The van der Waals surface area contributed by atoms with Crippen LogP contribution >= 0.6 is 0 Å². The van der Waals surface area contributed by atoms with Crippen molar-refractivity contribution in [2.75, 3.05) is 6.61 Å². The summed E-state index contributed by atoms with van der Waals surface area (Å²) in [7, 11) is 0. The minimum absolute atomic E-state index is 0.00921. The van der Waals surface area contributed by atoms with Gasteiger partial charge in [0.2, 0.25) is 0 Å². The normalized spacial score (nSPS) is 10.2. The monoisotopic (exact) mass is 245 g/mol. The van der Waals surface area contributed by atoms with E-state index in [1.165, 1.54) is 12.1 Å². The Morgan fingerprint density at radius 2 is 1.78 bits per heavy atom. The molecular formula is C13H11NO4. The standard InChI is InChI=1S/C13H11NO4/c14-12(16)7-18-13(17)10-5-8-3-1-2-4-9(8)6-11(10)15/h1-6,15H,7H2,(H2,14,16). The summed E-state index contributed by atoms with van der Waals surface area (Å²) in [6.45, 7) is -0.509. The van der Waals surface area contributed by atoms with E-state index in [0.717, 1.165) is 10.8 Å². The van der Waals surface area contributed by atoms with Gasteiger partial charge >= 0.3 is 5.97 Å². The summed E-state index contributed by atoms with van der Waals surface area (Å²) < 4.78 is 4.65. The number of hydrogen-bond acceptors (Lipinski definition) is 4. The molecule has 0 heterocycles. The number of phenolic OH excluding ortho intramolecular Hbond substituents is 1. The van der Waals surface area contributed by atoms with Crippen LogP contribution in [0.15, 0.2) is 36.4 Å². The molecule has 2 aromatic rings. The summed E-state index contributed by atoms with van der Waals surface area (Å²) in [5, 5.41) is 11.3. The van der Waals surface area contributed by atoms with Gasteiger partial charge in [0.05, 0.1) is 0 Å². The SMILES string of the molecule is NC(=O)COC(=O)c1cc2ccccc2cc1O. The maximum absolute atomic E-state index is 11.6. The summed E-state index contributed by atoms with van der Waals surface area (Å²) in [5.74, 6) is -1.72. The number of fused-ring (bicyclic) bond motifs is 1. The number of carbonyl (C=O) groups is 2. The van der Waals surface area contributed by atoms with E-state index in [2.05, 4.69) is 4.74 Å². The lowest BCUT2D eigenvalue weighted by Gasteiger charge is -2.06. The zero-order valence-corrected chi connectivity index (χ0v) is 9.42. The molecular weight excluding hydrogens is 234 g/mol. The van der Waals surface area contributed by atoms with Crippen LogP contribution in [0.1, 0.15) is 10.4 Å². The lowest BCUT2D eigenvalue weighted by Crippen LogP contribution is -2.20. The summed E-state index contributed by atoms with van der Waals surface area (Å²) in [6.07, 6.45) is 0. The van der Waals surface area contributed by atoms with Crippen molar-refractivity contribution in [3.8, 4) is 5.75 Å². The molecule has 2 rings (SSSR count). The van der Waals surface area contributed by atoms with Gasteiger partial charge < -0.3 is 15.6 Å². The highest BCUT2D eigenvalue weighted by atomic mass is 16.5. The number of aromatic hydroxyl groups is 1. The van der Waals surface area contributed by atoms with Crippen LogP contribution in [-0.2, 0) is 9.53 Å². The van der Waals surface area contributed by atoms with Crippen molar-refractivity contribution in [3.63, 3.8) is 0 Å².